The third-order valence-corrected chi connectivity index (χ3v) is 2.35. The van der Waals surface area contributed by atoms with Gasteiger partial charge in [-0.25, -0.2) is 0 Å². The van der Waals surface area contributed by atoms with Crippen molar-refractivity contribution in [1.29, 1.82) is 0 Å². The first kappa shape index (κ1) is 8.38. The number of aryl methyl sites for hydroxylation is 1. The van der Waals surface area contributed by atoms with Crippen LogP contribution in [0, 0.1) is 6.92 Å². The van der Waals surface area contributed by atoms with E-state index in [9.17, 15) is 0 Å². The SMILES string of the molecule is Cc1ccc(NS)c2ncccc12. The van der Waals surface area contributed by atoms with E-state index >= 15 is 0 Å². The van der Waals surface area contributed by atoms with Gasteiger partial charge in [0.15, 0.2) is 0 Å². The highest BCUT2D eigenvalue weighted by Crippen LogP contribution is 2.24. The Morgan fingerprint density at radius 3 is 2.92 bits per heavy atom. The first-order chi connectivity index (χ1) is 6.33. The van der Waals surface area contributed by atoms with Crippen LogP contribution in [0.15, 0.2) is 30.5 Å². The number of rotatable bonds is 1. The zero-order valence-corrected chi connectivity index (χ0v) is 8.18. The van der Waals surface area contributed by atoms with E-state index in [4.69, 9.17) is 0 Å². The first-order valence-corrected chi connectivity index (χ1v) is 4.52. The van der Waals surface area contributed by atoms with Crippen molar-refractivity contribution in [2.75, 3.05) is 4.72 Å². The lowest BCUT2D eigenvalue weighted by atomic mass is 10.1. The summed E-state index contributed by atoms with van der Waals surface area (Å²) in [4.78, 5) is 4.30. The Bertz CT molecular complexity index is 440. The molecule has 0 aliphatic carbocycles. The average Bonchev–Trinajstić information content (AvgIpc) is 2.19. The maximum Gasteiger partial charge on any atom is 0.0944 e. The molecule has 13 heavy (non-hydrogen) atoms. The molecule has 1 aromatic carbocycles. The van der Waals surface area contributed by atoms with Gasteiger partial charge in [-0.3, -0.25) is 4.98 Å². The standard InChI is InChI=1S/C10H10N2S/c1-7-4-5-9(12-13)10-8(7)3-2-6-11-10/h2-6,12-13H,1H3. The number of aromatic nitrogens is 1. The molecule has 2 aromatic rings. The van der Waals surface area contributed by atoms with E-state index in [-0.39, 0.29) is 0 Å². The van der Waals surface area contributed by atoms with Crippen molar-refractivity contribution in [3.05, 3.63) is 36.0 Å². The topological polar surface area (TPSA) is 24.9 Å². The molecule has 2 rings (SSSR count). The summed E-state index contributed by atoms with van der Waals surface area (Å²) in [5.41, 5.74) is 3.15. The number of pyridine rings is 1. The van der Waals surface area contributed by atoms with E-state index in [1.807, 2.05) is 12.1 Å². The van der Waals surface area contributed by atoms with Gasteiger partial charge in [-0.15, -0.1) is 0 Å². The minimum atomic E-state index is 0.949. The maximum atomic E-state index is 4.30. The summed E-state index contributed by atoms with van der Waals surface area (Å²) in [6.45, 7) is 2.08. The van der Waals surface area contributed by atoms with Crippen molar-refractivity contribution in [2.24, 2.45) is 0 Å². The minimum absolute atomic E-state index is 0.949. The second-order valence-electron chi connectivity index (χ2n) is 2.94. The Labute approximate surface area is 82.5 Å². The van der Waals surface area contributed by atoms with Gasteiger partial charge in [-0.1, -0.05) is 24.9 Å². The molecular formula is C10H10N2S. The summed E-state index contributed by atoms with van der Waals surface area (Å²) in [6.07, 6.45) is 1.79. The molecule has 0 unspecified atom stereocenters. The summed E-state index contributed by atoms with van der Waals surface area (Å²) >= 11 is 4.03. The number of nitrogens with one attached hydrogen (secondary N) is 1. The number of fused-ring (bicyclic) bond motifs is 1. The molecule has 1 N–H and O–H groups in total. The molecule has 1 aromatic heterocycles. The number of benzene rings is 1. The van der Waals surface area contributed by atoms with Gasteiger partial charge < -0.3 is 4.72 Å². The minimum Gasteiger partial charge on any atom is -0.330 e. The lowest BCUT2D eigenvalue weighted by molar-refractivity contribution is 1.39. The number of anilines is 1. The number of hydrogen-bond acceptors (Lipinski definition) is 3. The highest BCUT2D eigenvalue weighted by Gasteiger charge is 2.01. The Morgan fingerprint density at radius 1 is 1.31 bits per heavy atom. The van der Waals surface area contributed by atoms with Crippen LogP contribution in [-0.2, 0) is 0 Å². The third-order valence-electron chi connectivity index (χ3n) is 2.11. The summed E-state index contributed by atoms with van der Waals surface area (Å²) in [6, 6.07) is 8.05. The number of nitrogens with zero attached hydrogens (tertiary/aromatic N) is 1. The molecule has 0 bridgehead atoms. The van der Waals surface area contributed by atoms with E-state index in [1.165, 1.54) is 10.9 Å². The zero-order valence-electron chi connectivity index (χ0n) is 7.28. The summed E-state index contributed by atoms with van der Waals surface area (Å²) in [7, 11) is 0. The number of hydrogen-bond donors (Lipinski definition) is 2. The molecular weight excluding hydrogens is 180 g/mol. The predicted molar refractivity (Wildman–Crippen MR) is 59.1 cm³/mol. The van der Waals surface area contributed by atoms with E-state index in [0.29, 0.717) is 0 Å². The molecule has 0 saturated heterocycles. The van der Waals surface area contributed by atoms with E-state index < -0.39 is 0 Å². The molecule has 0 fully saturated rings. The largest absolute Gasteiger partial charge is 0.330 e. The summed E-state index contributed by atoms with van der Waals surface area (Å²) in [5.74, 6) is 0. The van der Waals surface area contributed by atoms with Crippen LogP contribution in [0.1, 0.15) is 5.56 Å². The highest BCUT2D eigenvalue weighted by molar-refractivity contribution is 7.81. The van der Waals surface area contributed by atoms with Gasteiger partial charge in [0.1, 0.15) is 0 Å². The molecule has 0 atom stereocenters. The zero-order chi connectivity index (χ0) is 9.26. The van der Waals surface area contributed by atoms with Crippen molar-refractivity contribution < 1.29 is 0 Å². The van der Waals surface area contributed by atoms with Crippen LogP contribution in [0.25, 0.3) is 10.9 Å². The fourth-order valence-corrected chi connectivity index (χ4v) is 1.59. The molecule has 0 radical (unpaired) electrons. The van der Waals surface area contributed by atoms with Crippen LogP contribution in [0.5, 0.6) is 0 Å². The van der Waals surface area contributed by atoms with E-state index in [1.54, 1.807) is 6.20 Å². The van der Waals surface area contributed by atoms with Crippen molar-refractivity contribution >= 4 is 29.4 Å². The lowest BCUT2D eigenvalue weighted by Gasteiger charge is -2.05. The van der Waals surface area contributed by atoms with Gasteiger partial charge in [-0.05, 0) is 24.6 Å². The predicted octanol–water partition coefficient (Wildman–Crippen LogP) is 2.80. The van der Waals surface area contributed by atoms with Crippen LogP contribution < -0.4 is 4.72 Å². The second-order valence-corrected chi connectivity index (χ2v) is 3.17. The second kappa shape index (κ2) is 3.26. The van der Waals surface area contributed by atoms with Crippen molar-refractivity contribution in [3.8, 4) is 0 Å². The molecule has 3 heteroatoms. The van der Waals surface area contributed by atoms with Gasteiger partial charge in [-0.2, -0.15) is 0 Å². The van der Waals surface area contributed by atoms with Crippen LogP contribution in [0.2, 0.25) is 0 Å². The Hall–Kier alpha value is -1.22. The van der Waals surface area contributed by atoms with Crippen LogP contribution in [0.4, 0.5) is 5.69 Å². The van der Waals surface area contributed by atoms with Gasteiger partial charge >= 0.3 is 0 Å². The van der Waals surface area contributed by atoms with Crippen molar-refractivity contribution in [2.45, 2.75) is 6.92 Å². The smallest absolute Gasteiger partial charge is 0.0944 e. The average molecular weight is 190 g/mol. The van der Waals surface area contributed by atoms with Gasteiger partial charge in [0, 0.05) is 11.6 Å². The molecule has 0 amide bonds. The van der Waals surface area contributed by atoms with Crippen LogP contribution in [-0.4, -0.2) is 4.98 Å². The molecule has 66 valence electrons. The summed E-state index contributed by atoms with van der Waals surface area (Å²) in [5, 5.41) is 1.17. The van der Waals surface area contributed by atoms with E-state index in [2.05, 4.69) is 41.6 Å². The fraction of sp³-hybridized carbons (Fsp3) is 0.100. The van der Waals surface area contributed by atoms with E-state index in [0.717, 1.165) is 11.2 Å². The third kappa shape index (κ3) is 1.35. The Morgan fingerprint density at radius 2 is 2.15 bits per heavy atom. The molecule has 1 heterocycles. The fourth-order valence-electron chi connectivity index (χ4n) is 1.41. The molecule has 0 aliphatic rings. The van der Waals surface area contributed by atoms with Crippen molar-refractivity contribution in [3.63, 3.8) is 0 Å². The maximum absolute atomic E-state index is 4.30. The molecule has 2 nitrogen and oxygen atoms in total. The normalized spacial score (nSPS) is 10.3. The highest BCUT2D eigenvalue weighted by atomic mass is 32.1. The van der Waals surface area contributed by atoms with Gasteiger partial charge in [0.25, 0.3) is 0 Å². The number of thiol groups is 1. The first-order valence-electron chi connectivity index (χ1n) is 4.07. The summed E-state index contributed by atoms with van der Waals surface area (Å²) < 4.78 is 2.83. The molecule has 0 spiro atoms. The van der Waals surface area contributed by atoms with Gasteiger partial charge in [0.05, 0.1) is 11.2 Å². The van der Waals surface area contributed by atoms with Crippen LogP contribution in [0.3, 0.4) is 0 Å². The van der Waals surface area contributed by atoms with Gasteiger partial charge in [0.2, 0.25) is 0 Å². The Balaban J connectivity index is 2.84. The quantitative estimate of drug-likeness (QED) is 0.676. The molecule has 0 saturated carbocycles. The Kier molecular flexibility index (Phi) is 2.10. The molecule has 0 aliphatic heterocycles. The van der Waals surface area contributed by atoms with Crippen molar-refractivity contribution in [1.82, 2.24) is 4.98 Å². The van der Waals surface area contributed by atoms with Crippen LogP contribution >= 0.6 is 12.8 Å². The monoisotopic (exact) mass is 190 g/mol. The lowest BCUT2D eigenvalue weighted by Crippen LogP contribution is -1.87.